The molecule has 1 aromatic carbocycles. The first kappa shape index (κ1) is 18.7. The zero-order chi connectivity index (χ0) is 19.4. The van der Waals surface area contributed by atoms with Crippen LogP contribution in [0.4, 0.5) is 5.82 Å². The van der Waals surface area contributed by atoms with E-state index < -0.39 is 5.91 Å². The highest BCUT2D eigenvalue weighted by atomic mass is 79.9. The molecule has 0 saturated carbocycles. The van der Waals surface area contributed by atoms with E-state index in [-0.39, 0.29) is 17.3 Å². The van der Waals surface area contributed by atoms with E-state index in [1.165, 1.54) is 10.9 Å². The lowest BCUT2D eigenvalue weighted by Gasteiger charge is -2.11. The van der Waals surface area contributed by atoms with E-state index in [1.54, 1.807) is 0 Å². The van der Waals surface area contributed by atoms with Gasteiger partial charge >= 0.3 is 0 Å². The minimum Gasteiger partial charge on any atom is -0.378 e. The summed E-state index contributed by atoms with van der Waals surface area (Å²) in [5, 5.41) is 19.1. The highest BCUT2D eigenvalue weighted by Gasteiger charge is 2.24. The third-order valence-electron chi connectivity index (χ3n) is 3.39. The van der Waals surface area contributed by atoms with Crippen molar-refractivity contribution in [1.29, 1.82) is 0 Å². The van der Waals surface area contributed by atoms with Gasteiger partial charge in [-0.15, -0.1) is 5.10 Å². The molecule has 0 atom stereocenters. The second-order valence-corrected chi connectivity index (χ2v) is 6.67. The molecule has 0 radical (unpaired) electrons. The lowest BCUT2D eigenvalue weighted by Crippen LogP contribution is -2.23. The first-order valence-electron chi connectivity index (χ1n) is 7.72. The molecule has 140 valence electrons. The zero-order valence-corrected chi connectivity index (χ0v) is 16.1. The van der Waals surface area contributed by atoms with E-state index >= 15 is 0 Å². The monoisotopic (exact) mass is 433 g/mol. The van der Waals surface area contributed by atoms with Crippen LogP contribution >= 0.6 is 15.9 Å². The Morgan fingerprint density at radius 3 is 2.74 bits per heavy atom. The number of nitrogens with one attached hydrogen (secondary N) is 1. The van der Waals surface area contributed by atoms with Crippen LogP contribution < -0.4 is 11.2 Å². The fourth-order valence-electron chi connectivity index (χ4n) is 2.19. The van der Waals surface area contributed by atoms with Crippen molar-refractivity contribution in [2.75, 3.05) is 19.8 Å². The standard InChI is InChI=1S/C15H16BrN9O2/c1-24(2)8-11-12(19-23-25(11)14-13(17)21-27-22-14)15(26)20-18-7-9-3-5-10(16)6-4-9/h3-7H,8H2,1-2H3,(H2,17,21)(H,20,26). The van der Waals surface area contributed by atoms with Crippen molar-refractivity contribution in [3.05, 3.63) is 45.7 Å². The van der Waals surface area contributed by atoms with Crippen LogP contribution in [-0.2, 0) is 6.54 Å². The number of amides is 1. The summed E-state index contributed by atoms with van der Waals surface area (Å²) in [7, 11) is 3.68. The SMILES string of the molecule is CN(C)Cc1c(C(=O)NN=Cc2ccc(Br)cc2)nnn1-c1nonc1N. The Hall–Kier alpha value is -3.12. The van der Waals surface area contributed by atoms with Crippen LogP contribution in [0.3, 0.4) is 0 Å². The lowest BCUT2D eigenvalue weighted by molar-refractivity contribution is 0.0948. The second kappa shape index (κ2) is 8.05. The van der Waals surface area contributed by atoms with Gasteiger partial charge < -0.3 is 10.6 Å². The molecular weight excluding hydrogens is 418 g/mol. The maximum absolute atomic E-state index is 12.5. The molecule has 0 saturated heterocycles. The fraction of sp³-hybridized carbons (Fsp3) is 0.200. The summed E-state index contributed by atoms with van der Waals surface area (Å²) in [6.45, 7) is 0.360. The Morgan fingerprint density at radius 2 is 2.11 bits per heavy atom. The Balaban J connectivity index is 1.82. The number of carbonyl (C=O) groups is 1. The summed E-state index contributed by atoms with van der Waals surface area (Å²) < 4.78 is 6.87. The minimum atomic E-state index is -0.513. The molecular formula is C15H16BrN9O2. The summed E-state index contributed by atoms with van der Waals surface area (Å²) >= 11 is 3.36. The van der Waals surface area contributed by atoms with Crippen molar-refractivity contribution < 1.29 is 9.42 Å². The zero-order valence-electron chi connectivity index (χ0n) is 14.5. The number of nitrogens with zero attached hydrogens (tertiary/aromatic N) is 7. The molecule has 1 amide bonds. The Morgan fingerprint density at radius 1 is 1.37 bits per heavy atom. The number of hydrogen-bond donors (Lipinski definition) is 2. The number of benzene rings is 1. The van der Waals surface area contributed by atoms with Crippen LogP contribution in [-0.4, -0.2) is 56.4 Å². The number of halogens is 1. The summed E-state index contributed by atoms with van der Waals surface area (Å²) in [6, 6.07) is 7.46. The molecule has 2 heterocycles. The van der Waals surface area contributed by atoms with E-state index in [0.29, 0.717) is 12.2 Å². The highest BCUT2D eigenvalue weighted by Crippen LogP contribution is 2.16. The van der Waals surface area contributed by atoms with Gasteiger partial charge in [0.2, 0.25) is 11.6 Å². The second-order valence-electron chi connectivity index (χ2n) is 5.76. The molecule has 0 fully saturated rings. The van der Waals surface area contributed by atoms with Crippen LogP contribution in [0.5, 0.6) is 0 Å². The fourth-order valence-corrected chi connectivity index (χ4v) is 2.46. The number of anilines is 1. The van der Waals surface area contributed by atoms with E-state index in [2.05, 4.69) is 51.7 Å². The van der Waals surface area contributed by atoms with Gasteiger partial charge in [-0.3, -0.25) is 4.79 Å². The first-order chi connectivity index (χ1) is 13.0. The van der Waals surface area contributed by atoms with Crippen molar-refractivity contribution in [2.24, 2.45) is 5.10 Å². The molecule has 0 bridgehead atoms. The molecule has 0 aliphatic heterocycles. The van der Waals surface area contributed by atoms with Crippen LogP contribution in [0.1, 0.15) is 21.7 Å². The predicted molar refractivity (Wildman–Crippen MR) is 100 cm³/mol. The van der Waals surface area contributed by atoms with Crippen molar-refractivity contribution >= 4 is 33.9 Å². The molecule has 0 unspecified atom stereocenters. The van der Waals surface area contributed by atoms with Gasteiger partial charge in [0.15, 0.2) is 5.69 Å². The van der Waals surface area contributed by atoms with Crippen LogP contribution in [0.15, 0.2) is 38.5 Å². The van der Waals surface area contributed by atoms with Crippen molar-refractivity contribution in [1.82, 2.24) is 35.6 Å². The van der Waals surface area contributed by atoms with Crippen molar-refractivity contribution in [2.45, 2.75) is 6.54 Å². The number of nitrogens with two attached hydrogens (primary N) is 1. The van der Waals surface area contributed by atoms with Gasteiger partial charge in [0, 0.05) is 11.0 Å². The largest absolute Gasteiger partial charge is 0.378 e. The van der Waals surface area contributed by atoms with Crippen LogP contribution in [0, 0.1) is 0 Å². The summed E-state index contributed by atoms with van der Waals surface area (Å²) in [5.41, 5.74) is 9.56. The number of hydrogen-bond acceptors (Lipinski definition) is 9. The van der Waals surface area contributed by atoms with Gasteiger partial charge in [-0.2, -0.15) is 9.78 Å². The number of rotatable bonds is 6. The predicted octanol–water partition coefficient (Wildman–Crippen LogP) is 0.820. The molecule has 2 aromatic heterocycles. The van der Waals surface area contributed by atoms with Gasteiger partial charge in [0.1, 0.15) is 0 Å². The van der Waals surface area contributed by atoms with Gasteiger partial charge in [-0.05, 0) is 42.1 Å². The van der Waals surface area contributed by atoms with E-state index in [9.17, 15) is 4.79 Å². The number of aromatic nitrogens is 5. The normalized spacial score (nSPS) is 11.4. The Bertz CT molecular complexity index is 962. The summed E-state index contributed by atoms with van der Waals surface area (Å²) in [6.07, 6.45) is 1.53. The molecule has 0 aliphatic carbocycles. The maximum atomic E-state index is 12.5. The van der Waals surface area contributed by atoms with Crippen molar-refractivity contribution in [3.8, 4) is 5.82 Å². The van der Waals surface area contributed by atoms with Crippen LogP contribution in [0.25, 0.3) is 5.82 Å². The molecule has 27 heavy (non-hydrogen) atoms. The smallest absolute Gasteiger partial charge is 0.293 e. The van der Waals surface area contributed by atoms with E-state index in [4.69, 9.17) is 5.73 Å². The quantitative estimate of drug-likeness (QED) is 0.429. The van der Waals surface area contributed by atoms with Gasteiger partial charge in [0.25, 0.3) is 5.91 Å². The van der Waals surface area contributed by atoms with Gasteiger partial charge in [-0.25, -0.2) is 10.1 Å². The number of hydrazone groups is 1. The third-order valence-corrected chi connectivity index (χ3v) is 3.92. The van der Waals surface area contributed by atoms with E-state index in [1.807, 2.05) is 43.3 Å². The molecule has 12 heteroatoms. The molecule has 3 rings (SSSR count). The van der Waals surface area contributed by atoms with Gasteiger partial charge in [-0.1, -0.05) is 33.3 Å². The van der Waals surface area contributed by atoms with E-state index in [0.717, 1.165) is 10.0 Å². The van der Waals surface area contributed by atoms with Gasteiger partial charge in [0.05, 0.1) is 11.9 Å². The third kappa shape index (κ3) is 4.35. The topological polar surface area (TPSA) is 140 Å². The average molecular weight is 434 g/mol. The number of carbonyl (C=O) groups excluding carboxylic acids is 1. The average Bonchev–Trinajstić information content (AvgIpc) is 3.22. The summed E-state index contributed by atoms with van der Waals surface area (Å²) in [4.78, 5) is 14.3. The molecule has 11 nitrogen and oxygen atoms in total. The molecule has 3 aromatic rings. The molecule has 3 N–H and O–H groups in total. The highest BCUT2D eigenvalue weighted by molar-refractivity contribution is 9.10. The molecule has 0 spiro atoms. The molecule has 0 aliphatic rings. The lowest BCUT2D eigenvalue weighted by atomic mass is 10.2. The first-order valence-corrected chi connectivity index (χ1v) is 8.51. The van der Waals surface area contributed by atoms with Crippen molar-refractivity contribution in [3.63, 3.8) is 0 Å². The van der Waals surface area contributed by atoms with Crippen LogP contribution in [0.2, 0.25) is 0 Å². The summed E-state index contributed by atoms with van der Waals surface area (Å²) in [5.74, 6) is -0.307. The Labute approximate surface area is 162 Å². The number of nitrogen functional groups attached to an aromatic ring is 1. The minimum absolute atomic E-state index is 0.0418. The Kier molecular flexibility index (Phi) is 5.57. The maximum Gasteiger partial charge on any atom is 0.293 e.